The van der Waals surface area contributed by atoms with E-state index in [1.54, 1.807) is 13.8 Å². The maximum atomic E-state index is 11.3. The normalized spacial score (nSPS) is 11.0. The van der Waals surface area contributed by atoms with E-state index in [9.17, 15) is 9.59 Å². The second kappa shape index (κ2) is 17.9. The lowest BCUT2D eigenvalue weighted by atomic mass is 10.0. The Morgan fingerprint density at radius 3 is 1.80 bits per heavy atom. The van der Waals surface area contributed by atoms with Gasteiger partial charge in [-0.25, -0.2) is 0 Å². The summed E-state index contributed by atoms with van der Waals surface area (Å²) in [6, 6.07) is 25.2. The van der Waals surface area contributed by atoms with E-state index in [1.165, 1.54) is 65.8 Å². The van der Waals surface area contributed by atoms with Crippen LogP contribution in [0.5, 0.6) is 11.5 Å². The molecule has 0 atom stereocenters. The van der Waals surface area contributed by atoms with Crippen molar-refractivity contribution >= 4 is 33.4 Å². The van der Waals surface area contributed by atoms with Crippen molar-refractivity contribution in [1.82, 2.24) is 10.6 Å². The van der Waals surface area contributed by atoms with Gasteiger partial charge in [0.2, 0.25) is 11.8 Å². The lowest BCUT2D eigenvalue weighted by Gasteiger charge is -2.13. The molecule has 0 aliphatic heterocycles. The van der Waals surface area contributed by atoms with Crippen molar-refractivity contribution in [2.45, 2.75) is 78.1 Å². The van der Waals surface area contributed by atoms with Crippen LogP contribution in [0.1, 0.15) is 76.3 Å². The van der Waals surface area contributed by atoms with Crippen LogP contribution in [-0.2, 0) is 22.4 Å². The zero-order valence-electron chi connectivity index (χ0n) is 26.5. The number of nitrogens with one attached hydrogen (secondary N) is 2. The standard InChI is InChI=1S/C38H48N2O4/c1-29(41)39-24-22-32-15-11-14-31-20-21-35(28-36(31)32)43-26-9-7-5-3-4-6-8-10-27-44-37-19-13-18-33-16-12-17-34(38(33)37)23-25-40-30(2)42/h11-21,28H,3-10,22-27H2,1-2H3,(H,39,41)(H,40,42). The van der Waals surface area contributed by atoms with E-state index in [4.69, 9.17) is 9.47 Å². The molecule has 0 spiro atoms. The molecule has 0 heterocycles. The Kier molecular flexibility index (Phi) is 13.4. The summed E-state index contributed by atoms with van der Waals surface area (Å²) in [5.74, 6) is 1.86. The zero-order valence-corrected chi connectivity index (χ0v) is 26.5. The molecule has 0 aromatic heterocycles. The molecular weight excluding hydrogens is 548 g/mol. The van der Waals surface area contributed by atoms with Crippen LogP contribution in [0.15, 0.2) is 72.8 Å². The molecule has 0 unspecified atom stereocenters. The van der Waals surface area contributed by atoms with Crippen molar-refractivity contribution in [3.8, 4) is 11.5 Å². The summed E-state index contributed by atoms with van der Waals surface area (Å²) in [7, 11) is 0. The third-order valence-electron chi connectivity index (χ3n) is 8.00. The molecule has 4 rings (SSSR count). The molecule has 0 saturated heterocycles. The molecule has 0 radical (unpaired) electrons. The van der Waals surface area contributed by atoms with E-state index in [1.807, 2.05) is 0 Å². The molecule has 0 aliphatic carbocycles. The van der Waals surface area contributed by atoms with Gasteiger partial charge in [-0.1, -0.05) is 93.1 Å². The third-order valence-corrected chi connectivity index (χ3v) is 8.00. The molecule has 6 heteroatoms. The Balaban J connectivity index is 1.08. The second-order valence-electron chi connectivity index (χ2n) is 11.6. The average molecular weight is 597 g/mol. The number of unbranched alkanes of at least 4 members (excludes halogenated alkanes) is 7. The van der Waals surface area contributed by atoms with Gasteiger partial charge in [-0.2, -0.15) is 0 Å². The molecule has 6 nitrogen and oxygen atoms in total. The first-order valence-electron chi connectivity index (χ1n) is 16.3. The van der Waals surface area contributed by atoms with Crippen LogP contribution in [0.25, 0.3) is 21.5 Å². The van der Waals surface area contributed by atoms with Gasteiger partial charge in [0.25, 0.3) is 0 Å². The highest BCUT2D eigenvalue weighted by molar-refractivity contribution is 5.91. The first-order valence-corrected chi connectivity index (χ1v) is 16.3. The van der Waals surface area contributed by atoms with Gasteiger partial charge in [0.1, 0.15) is 11.5 Å². The molecular formula is C38H48N2O4. The fourth-order valence-electron chi connectivity index (χ4n) is 5.72. The fraction of sp³-hybridized carbons (Fsp3) is 0.421. The largest absolute Gasteiger partial charge is 0.494 e. The lowest BCUT2D eigenvalue weighted by Crippen LogP contribution is -2.22. The molecule has 0 fully saturated rings. The summed E-state index contributed by atoms with van der Waals surface area (Å²) < 4.78 is 12.3. The highest BCUT2D eigenvalue weighted by Gasteiger charge is 2.08. The summed E-state index contributed by atoms with van der Waals surface area (Å²) in [5.41, 5.74) is 2.44. The quantitative estimate of drug-likeness (QED) is 0.108. The number of amides is 2. The maximum absolute atomic E-state index is 11.3. The second-order valence-corrected chi connectivity index (χ2v) is 11.6. The van der Waals surface area contributed by atoms with Crippen LogP contribution in [0, 0.1) is 0 Å². The molecule has 2 N–H and O–H groups in total. The first-order chi connectivity index (χ1) is 21.5. The minimum absolute atomic E-state index is 0.000142. The van der Waals surface area contributed by atoms with E-state index >= 15 is 0 Å². The number of hydrogen-bond donors (Lipinski definition) is 2. The summed E-state index contributed by atoms with van der Waals surface area (Å²) in [6.45, 7) is 5.83. The Hall–Kier alpha value is -4.06. The summed E-state index contributed by atoms with van der Waals surface area (Å²) in [5, 5.41) is 10.5. The molecule has 0 saturated carbocycles. The number of fused-ring (bicyclic) bond motifs is 2. The predicted molar refractivity (Wildman–Crippen MR) is 181 cm³/mol. The molecule has 2 amide bonds. The topological polar surface area (TPSA) is 76.7 Å². The van der Waals surface area contributed by atoms with E-state index in [-0.39, 0.29) is 11.8 Å². The number of ether oxygens (including phenoxy) is 2. The van der Waals surface area contributed by atoms with E-state index < -0.39 is 0 Å². The van der Waals surface area contributed by atoms with Gasteiger partial charge in [0, 0.05) is 32.3 Å². The predicted octanol–water partition coefficient (Wildman–Crippen LogP) is 7.93. The van der Waals surface area contributed by atoms with Crippen molar-refractivity contribution in [3.05, 3.63) is 83.9 Å². The van der Waals surface area contributed by atoms with E-state index in [0.717, 1.165) is 55.8 Å². The molecule has 0 aliphatic rings. The Labute approximate surface area is 262 Å². The minimum Gasteiger partial charge on any atom is -0.494 e. The van der Waals surface area contributed by atoms with E-state index in [2.05, 4.69) is 83.4 Å². The molecule has 4 aromatic carbocycles. The zero-order chi connectivity index (χ0) is 31.0. The van der Waals surface area contributed by atoms with Crippen LogP contribution in [0.3, 0.4) is 0 Å². The van der Waals surface area contributed by atoms with Crippen molar-refractivity contribution in [1.29, 1.82) is 0 Å². The molecule has 234 valence electrons. The Bertz CT molecular complexity index is 1490. The molecule has 44 heavy (non-hydrogen) atoms. The Morgan fingerprint density at radius 2 is 1.14 bits per heavy atom. The average Bonchev–Trinajstić information content (AvgIpc) is 3.01. The fourth-order valence-corrected chi connectivity index (χ4v) is 5.72. The third kappa shape index (κ3) is 10.6. The van der Waals surface area contributed by atoms with Crippen molar-refractivity contribution in [3.63, 3.8) is 0 Å². The van der Waals surface area contributed by atoms with Gasteiger partial charge >= 0.3 is 0 Å². The molecule has 0 bridgehead atoms. The minimum atomic E-state index is -0.000142. The van der Waals surface area contributed by atoms with Gasteiger partial charge in [-0.3, -0.25) is 9.59 Å². The monoisotopic (exact) mass is 596 g/mol. The highest BCUT2D eigenvalue weighted by atomic mass is 16.5. The van der Waals surface area contributed by atoms with Gasteiger partial charge in [-0.05, 0) is 71.2 Å². The SMILES string of the molecule is CC(=O)NCCc1cccc2ccc(OCCCCCCCCCCOc3cccc4cccc(CCNC(C)=O)c34)cc12. The number of benzene rings is 4. The number of carbonyl (C=O) groups is 2. The smallest absolute Gasteiger partial charge is 0.216 e. The first kappa shape index (κ1) is 32.8. The van der Waals surface area contributed by atoms with Crippen molar-refractivity contribution < 1.29 is 19.1 Å². The number of rotatable bonds is 19. The Morgan fingerprint density at radius 1 is 0.591 bits per heavy atom. The van der Waals surface area contributed by atoms with Crippen LogP contribution < -0.4 is 20.1 Å². The summed E-state index contributed by atoms with van der Waals surface area (Å²) in [6.07, 6.45) is 11.1. The van der Waals surface area contributed by atoms with Crippen LogP contribution in [-0.4, -0.2) is 38.1 Å². The maximum Gasteiger partial charge on any atom is 0.216 e. The van der Waals surface area contributed by atoms with Crippen molar-refractivity contribution in [2.75, 3.05) is 26.3 Å². The number of carbonyl (C=O) groups excluding carboxylic acids is 2. The van der Waals surface area contributed by atoms with Gasteiger partial charge in [0.15, 0.2) is 0 Å². The van der Waals surface area contributed by atoms with Crippen molar-refractivity contribution in [2.24, 2.45) is 0 Å². The van der Waals surface area contributed by atoms with Crippen LogP contribution >= 0.6 is 0 Å². The lowest BCUT2D eigenvalue weighted by molar-refractivity contribution is -0.119. The van der Waals surface area contributed by atoms with Gasteiger partial charge in [0.05, 0.1) is 13.2 Å². The highest BCUT2D eigenvalue weighted by Crippen LogP contribution is 2.30. The summed E-state index contributed by atoms with van der Waals surface area (Å²) in [4.78, 5) is 22.5. The summed E-state index contributed by atoms with van der Waals surface area (Å²) >= 11 is 0. The van der Waals surface area contributed by atoms with Crippen LogP contribution in [0.4, 0.5) is 0 Å². The molecule has 4 aromatic rings. The van der Waals surface area contributed by atoms with Crippen LogP contribution in [0.2, 0.25) is 0 Å². The van der Waals surface area contributed by atoms with Gasteiger partial charge in [-0.15, -0.1) is 0 Å². The van der Waals surface area contributed by atoms with E-state index in [0.29, 0.717) is 13.1 Å². The number of hydrogen-bond acceptors (Lipinski definition) is 4. The van der Waals surface area contributed by atoms with Gasteiger partial charge < -0.3 is 20.1 Å².